The molecule has 0 radical (unpaired) electrons. The van der Waals surface area contributed by atoms with Gasteiger partial charge >= 0.3 is 0 Å². The summed E-state index contributed by atoms with van der Waals surface area (Å²) in [6.45, 7) is 2.52. The number of piperidine rings is 1. The summed E-state index contributed by atoms with van der Waals surface area (Å²) < 4.78 is 22.4. The van der Waals surface area contributed by atoms with Gasteiger partial charge in [0.25, 0.3) is 5.91 Å². The van der Waals surface area contributed by atoms with Crippen LogP contribution in [-0.2, 0) is 15.8 Å². The van der Waals surface area contributed by atoms with E-state index in [4.69, 9.17) is 5.14 Å². The summed E-state index contributed by atoms with van der Waals surface area (Å²) in [5, 5.41) is 8.22. The van der Waals surface area contributed by atoms with Crippen molar-refractivity contribution in [2.45, 2.75) is 25.0 Å². The number of rotatable bonds is 6. The second-order valence-electron chi connectivity index (χ2n) is 6.14. The maximum atomic E-state index is 12.6. The summed E-state index contributed by atoms with van der Waals surface area (Å²) >= 11 is 0. The molecule has 2 rings (SSSR count). The van der Waals surface area contributed by atoms with E-state index >= 15 is 0 Å². The van der Waals surface area contributed by atoms with Gasteiger partial charge in [-0.3, -0.25) is 4.79 Å². The Labute approximate surface area is 138 Å². The fourth-order valence-electron chi connectivity index (χ4n) is 2.98. The first-order valence-corrected chi connectivity index (χ1v) is 9.64. The van der Waals surface area contributed by atoms with Crippen molar-refractivity contribution in [2.24, 2.45) is 11.1 Å². The lowest BCUT2D eigenvalue weighted by atomic mass is 9.93. The molecule has 6 nitrogen and oxygen atoms in total. The number of likely N-dealkylation sites (tertiary alicyclic amines) is 1. The smallest absolute Gasteiger partial charge is 0.253 e. The summed E-state index contributed by atoms with van der Waals surface area (Å²) in [4.78, 5) is 14.4. The van der Waals surface area contributed by atoms with Gasteiger partial charge in [0.05, 0.1) is 5.75 Å². The van der Waals surface area contributed by atoms with Crippen molar-refractivity contribution in [3.63, 3.8) is 0 Å². The number of primary sulfonamides is 1. The van der Waals surface area contributed by atoms with Gasteiger partial charge in [0.15, 0.2) is 0 Å². The average molecular weight is 339 g/mol. The van der Waals surface area contributed by atoms with E-state index in [0.717, 1.165) is 38.9 Å². The molecule has 7 heteroatoms. The topological polar surface area (TPSA) is 92.5 Å². The lowest BCUT2D eigenvalue weighted by molar-refractivity contribution is 0.0687. The fourth-order valence-corrected chi connectivity index (χ4v) is 3.63. The number of hydrogen-bond acceptors (Lipinski definition) is 4. The van der Waals surface area contributed by atoms with Gasteiger partial charge in [-0.25, -0.2) is 13.6 Å². The zero-order valence-corrected chi connectivity index (χ0v) is 14.3. The molecule has 0 bridgehead atoms. The minimum absolute atomic E-state index is 0.0339. The maximum absolute atomic E-state index is 12.6. The average Bonchev–Trinajstić information content (AvgIpc) is 2.51. The third-order valence-electron chi connectivity index (χ3n) is 4.25. The first-order chi connectivity index (χ1) is 10.9. The minimum Gasteiger partial charge on any atom is -0.339 e. The van der Waals surface area contributed by atoms with Crippen molar-refractivity contribution < 1.29 is 13.2 Å². The number of carbonyl (C=O) groups is 1. The largest absolute Gasteiger partial charge is 0.339 e. The second-order valence-corrected chi connectivity index (χ2v) is 7.75. The number of nitrogens with one attached hydrogen (secondary N) is 1. The van der Waals surface area contributed by atoms with Crippen LogP contribution in [0.5, 0.6) is 0 Å². The van der Waals surface area contributed by atoms with E-state index in [2.05, 4.69) is 5.32 Å². The van der Waals surface area contributed by atoms with Gasteiger partial charge in [-0.05, 0) is 56.5 Å². The normalized spacial score (nSPS) is 16.5. The predicted octanol–water partition coefficient (Wildman–Crippen LogP) is 0.937. The predicted molar refractivity (Wildman–Crippen MR) is 90.4 cm³/mol. The zero-order chi connectivity index (χ0) is 16.9. The number of sulfonamides is 1. The molecule has 0 saturated carbocycles. The van der Waals surface area contributed by atoms with Gasteiger partial charge < -0.3 is 10.2 Å². The van der Waals surface area contributed by atoms with Crippen LogP contribution in [0.4, 0.5) is 0 Å². The van der Waals surface area contributed by atoms with E-state index in [1.807, 2.05) is 11.9 Å². The molecule has 1 aromatic carbocycles. The van der Waals surface area contributed by atoms with Crippen LogP contribution in [0.3, 0.4) is 0 Å². The standard InChI is InChI=1S/C16H25N3O3S/c1-18-8-5-13-6-9-19(10-7-13)16(20)15-4-2-3-14(11-15)12-23(17,21)22/h2-4,11,13,18H,5-10,12H2,1H3,(H2,17,21,22). The number of hydrogen-bond donors (Lipinski definition) is 2. The summed E-state index contributed by atoms with van der Waals surface area (Å²) in [5.41, 5.74) is 1.07. The van der Waals surface area contributed by atoms with Crippen LogP contribution in [-0.4, -0.2) is 45.9 Å². The molecule has 1 aliphatic rings. The molecule has 0 aromatic heterocycles. The van der Waals surface area contributed by atoms with Gasteiger partial charge in [0, 0.05) is 18.7 Å². The highest BCUT2D eigenvalue weighted by Gasteiger charge is 2.23. The first kappa shape index (κ1) is 17.9. The lowest BCUT2D eigenvalue weighted by Crippen LogP contribution is -2.39. The minimum atomic E-state index is -3.59. The molecule has 3 N–H and O–H groups in total. The summed E-state index contributed by atoms with van der Waals surface area (Å²) in [6, 6.07) is 6.72. The Morgan fingerprint density at radius 3 is 2.65 bits per heavy atom. The molecule has 0 spiro atoms. The van der Waals surface area contributed by atoms with Gasteiger partial charge in [-0.15, -0.1) is 0 Å². The Balaban J connectivity index is 1.97. The highest BCUT2D eigenvalue weighted by atomic mass is 32.2. The summed E-state index contributed by atoms with van der Waals surface area (Å²) in [5.74, 6) is 0.383. The summed E-state index contributed by atoms with van der Waals surface area (Å²) in [7, 11) is -1.64. The van der Waals surface area contributed by atoms with Crippen molar-refractivity contribution in [1.82, 2.24) is 10.2 Å². The molecule has 23 heavy (non-hydrogen) atoms. The van der Waals surface area contributed by atoms with Crippen LogP contribution in [0.15, 0.2) is 24.3 Å². The Kier molecular flexibility index (Phi) is 6.15. The van der Waals surface area contributed by atoms with Crippen molar-refractivity contribution in [3.05, 3.63) is 35.4 Å². The van der Waals surface area contributed by atoms with E-state index in [1.165, 1.54) is 0 Å². The third-order valence-corrected chi connectivity index (χ3v) is 4.98. The lowest BCUT2D eigenvalue weighted by Gasteiger charge is -2.32. The van der Waals surface area contributed by atoms with E-state index in [1.54, 1.807) is 24.3 Å². The highest BCUT2D eigenvalue weighted by Crippen LogP contribution is 2.21. The number of carbonyl (C=O) groups excluding carboxylic acids is 1. The molecular formula is C16H25N3O3S. The zero-order valence-electron chi connectivity index (χ0n) is 13.5. The monoisotopic (exact) mass is 339 g/mol. The molecule has 0 atom stereocenters. The maximum Gasteiger partial charge on any atom is 0.253 e. The molecule has 0 aliphatic carbocycles. The molecule has 1 saturated heterocycles. The number of nitrogens with zero attached hydrogens (tertiary/aromatic N) is 1. The number of nitrogens with two attached hydrogens (primary N) is 1. The van der Waals surface area contributed by atoms with Crippen LogP contribution in [0.2, 0.25) is 0 Å². The molecule has 1 amide bonds. The quantitative estimate of drug-likeness (QED) is 0.806. The Bertz CT molecular complexity index is 638. The van der Waals surface area contributed by atoms with E-state index in [0.29, 0.717) is 17.0 Å². The van der Waals surface area contributed by atoms with E-state index < -0.39 is 10.0 Å². The van der Waals surface area contributed by atoms with E-state index in [9.17, 15) is 13.2 Å². The van der Waals surface area contributed by atoms with Crippen LogP contribution >= 0.6 is 0 Å². The molecule has 1 aliphatic heterocycles. The highest BCUT2D eigenvalue weighted by molar-refractivity contribution is 7.88. The molecule has 128 valence electrons. The van der Waals surface area contributed by atoms with Crippen molar-refractivity contribution in [3.8, 4) is 0 Å². The first-order valence-electron chi connectivity index (χ1n) is 7.92. The molecule has 0 unspecified atom stereocenters. The molecule has 1 heterocycles. The van der Waals surface area contributed by atoms with Crippen LogP contribution in [0, 0.1) is 5.92 Å². The number of benzene rings is 1. The SMILES string of the molecule is CNCCC1CCN(C(=O)c2cccc(CS(N)(=O)=O)c2)CC1. The van der Waals surface area contributed by atoms with Crippen LogP contribution < -0.4 is 10.5 Å². The molecule has 1 fully saturated rings. The van der Waals surface area contributed by atoms with Crippen LogP contribution in [0.25, 0.3) is 0 Å². The number of amides is 1. The molecular weight excluding hydrogens is 314 g/mol. The van der Waals surface area contributed by atoms with Gasteiger partial charge in [0.1, 0.15) is 0 Å². The van der Waals surface area contributed by atoms with Crippen molar-refractivity contribution in [1.29, 1.82) is 0 Å². The van der Waals surface area contributed by atoms with Gasteiger partial charge in [-0.1, -0.05) is 12.1 Å². The second kappa shape index (κ2) is 7.90. The Morgan fingerprint density at radius 1 is 1.35 bits per heavy atom. The Hall–Kier alpha value is -1.44. The van der Waals surface area contributed by atoms with E-state index in [-0.39, 0.29) is 11.7 Å². The third kappa shape index (κ3) is 5.60. The molecule has 1 aromatic rings. The summed E-state index contributed by atoms with van der Waals surface area (Å²) in [6.07, 6.45) is 3.18. The van der Waals surface area contributed by atoms with Crippen molar-refractivity contribution in [2.75, 3.05) is 26.7 Å². The fraction of sp³-hybridized carbons (Fsp3) is 0.562. The van der Waals surface area contributed by atoms with Crippen LogP contribution in [0.1, 0.15) is 35.2 Å². The Morgan fingerprint density at radius 2 is 2.04 bits per heavy atom. The van der Waals surface area contributed by atoms with Crippen molar-refractivity contribution >= 4 is 15.9 Å². The van der Waals surface area contributed by atoms with Gasteiger partial charge in [0.2, 0.25) is 10.0 Å². The van der Waals surface area contributed by atoms with Gasteiger partial charge in [-0.2, -0.15) is 0 Å².